The van der Waals surface area contributed by atoms with Gasteiger partial charge in [0.2, 0.25) is 11.8 Å². The van der Waals surface area contributed by atoms with Gasteiger partial charge in [-0.1, -0.05) is 6.92 Å². The molecule has 3 aliphatic rings. The summed E-state index contributed by atoms with van der Waals surface area (Å²) >= 11 is 0. The van der Waals surface area contributed by atoms with E-state index in [0.717, 1.165) is 37.9 Å². The highest BCUT2D eigenvalue weighted by molar-refractivity contribution is 7.89. The number of allylic oxidation sites excluding steroid dienone is 1. The number of likely N-dealkylation sites (N-methyl/N-ethyl adjacent to an activating group) is 1. The van der Waals surface area contributed by atoms with Gasteiger partial charge in [0.05, 0.1) is 37.2 Å². The largest absolute Gasteiger partial charge is 0.497 e. The highest BCUT2D eigenvalue weighted by Crippen LogP contribution is 2.38. The van der Waals surface area contributed by atoms with Crippen LogP contribution in [0.1, 0.15) is 50.7 Å². The van der Waals surface area contributed by atoms with Gasteiger partial charge in [0.1, 0.15) is 12.4 Å². The number of rotatable bonds is 10. The first-order chi connectivity index (χ1) is 18.6. The van der Waals surface area contributed by atoms with Crippen molar-refractivity contribution in [2.24, 2.45) is 0 Å². The number of fused-ring (bicyclic) bond motifs is 1. The van der Waals surface area contributed by atoms with E-state index in [9.17, 15) is 18.0 Å². The van der Waals surface area contributed by atoms with Crippen LogP contribution in [0.15, 0.2) is 23.2 Å². The first kappa shape index (κ1) is 29.4. The Kier molecular flexibility index (Phi) is 9.23. The van der Waals surface area contributed by atoms with Crippen LogP contribution < -0.4 is 4.74 Å². The minimum absolute atomic E-state index is 0.0511. The molecular formula is C28H42N4O6S. The van der Waals surface area contributed by atoms with Gasteiger partial charge in [0.15, 0.2) is 0 Å². The number of sulfonamides is 1. The molecular weight excluding hydrogens is 520 g/mol. The fourth-order valence-electron chi connectivity index (χ4n) is 5.76. The third kappa shape index (κ3) is 6.10. The zero-order chi connectivity index (χ0) is 28.3. The smallest absolute Gasteiger partial charge is 0.264 e. The van der Waals surface area contributed by atoms with Crippen molar-refractivity contribution in [1.82, 2.24) is 19.0 Å². The van der Waals surface area contributed by atoms with Crippen molar-refractivity contribution in [1.29, 1.82) is 0 Å². The third-order valence-electron chi connectivity index (χ3n) is 8.22. The molecule has 2 atom stereocenters. The maximum absolute atomic E-state index is 13.4. The number of carbonyl (C=O) groups is 2. The summed E-state index contributed by atoms with van der Waals surface area (Å²) in [6, 6.07) is 3.32. The molecule has 3 heterocycles. The predicted octanol–water partition coefficient (Wildman–Crippen LogP) is 2.32. The van der Waals surface area contributed by atoms with Crippen molar-refractivity contribution in [3.8, 4) is 5.75 Å². The summed E-state index contributed by atoms with van der Waals surface area (Å²) in [7, 11) is -0.447. The van der Waals surface area contributed by atoms with Crippen molar-refractivity contribution < 1.29 is 27.5 Å². The maximum Gasteiger partial charge on any atom is 0.264 e. The standard InChI is InChI=1S/C28H42N4O6S/c1-6-22-17-32(39(35,36)27-20(2)15-24(37-5)16-25(22)27)13-14-38-19-26(33)29(4)23-9-12-31(18-23)28(34)21(3)30-10-7-8-11-30/h15-17,21,23H,6-14,18-19H2,1-5H3/t21?,23-/m0/s1. The lowest BCUT2D eigenvalue weighted by molar-refractivity contribution is -0.138. The summed E-state index contributed by atoms with van der Waals surface area (Å²) in [4.78, 5) is 31.8. The van der Waals surface area contributed by atoms with Crippen LogP contribution in [0.4, 0.5) is 0 Å². The van der Waals surface area contributed by atoms with Crippen LogP contribution in [0.5, 0.6) is 5.75 Å². The SMILES string of the molecule is CCC1=CN(CCOCC(=O)N(C)[C@H]2CCN(C(=O)C(C)N3CCCC3)C2)S(=O)(=O)c2c(C)cc(OC)cc21. The Morgan fingerprint density at radius 3 is 2.56 bits per heavy atom. The van der Waals surface area contributed by atoms with Gasteiger partial charge in [-0.05, 0) is 75.9 Å². The summed E-state index contributed by atoms with van der Waals surface area (Å²) in [6.45, 7) is 8.88. The van der Waals surface area contributed by atoms with Crippen molar-refractivity contribution in [2.75, 3.05) is 60.1 Å². The Labute approximate surface area is 232 Å². The molecule has 0 N–H and O–H groups in total. The highest BCUT2D eigenvalue weighted by atomic mass is 32.2. The number of nitrogens with zero attached hydrogens (tertiary/aromatic N) is 4. The zero-order valence-corrected chi connectivity index (χ0v) is 24.6. The monoisotopic (exact) mass is 562 g/mol. The van der Waals surface area contributed by atoms with Crippen LogP contribution in [0.2, 0.25) is 0 Å². The summed E-state index contributed by atoms with van der Waals surface area (Å²) in [6.07, 6.45) is 5.33. The molecule has 0 spiro atoms. The Balaban J connectivity index is 1.29. The first-order valence-corrected chi connectivity index (χ1v) is 15.3. The van der Waals surface area contributed by atoms with Gasteiger partial charge in [-0.3, -0.25) is 18.8 Å². The van der Waals surface area contributed by atoms with Crippen molar-refractivity contribution in [3.63, 3.8) is 0 Å². The van der Waals surface area contributed by atoms with Gasteiger partial charge in [-0.2, -0.15) is 0 Å². The van der Waals surface area contributed by atoms with Crippen LogP contribution in [-0.2, 0) is 24.3 Å². The Bertz CT molecular complexity index is 1210. The van der Waals surface area contributed by atoms with Crippen molar-refractivity contribution in [2.45, 2.75) is 63.4 Å². The Hall–Kier alpha value is -2.63. The van der Waals surface area contributed by atoms with Crippen LogP contribution >= 0.6 is 0 Å². The fraction of sp³-hybridized carbons (Fsp3) is 0.643. The van der Waals surface area contributed by atoms with E-state index in [1.165, 1.54) is 4.31 Å². The number of amides is 2. The molecule has 39 heavy (non-hydrogen) atoms. The minimum atomic E-state index is -3.75. The molecule has 4 rings (SSSR count). The van der Waals surface area contributed by atoms with Crippen molar-refractivity contribution >= 4 is 27.4 Å². The molecule has 0 aromatic heterocycles. The fourth-order valence-corrected chi connectivity index (χ4v) is 7.51. The Morgan fingerprint density at radius 2 is 1.90 bits per heavy atom. The molecule has 0 aliphatic carbocycles. The number of aryl methyl sites for hydroxylation is 1. The maximum atomic E-state index is 13.4. The minimum Gasteiger partial charge on any atom is -0.497 e. The number of ether oxygens (including phenoxy) is 2. The van der Waals surface area contributed by atoms with E-state index in [2.05, 4.69) is 4.90 Å². The molecule has 0 radical (unpaired) electrons. The van der Waals surface area contributed by atoms with E-state index >= 15 is 0 Å². The predicted molar refractivity (Wildman–Crippen MR) is 149 cm³/mol. The molecule has 3 aliphatic heterocycles. The highest BCUT2D eigenvalue weighted by Gasteiger charge is 2.35. The van der Waals surface area contributed by atoms with Gasteiger partial charge in [0, 0.05) is 31.9 Å². The molecule has 0 saturated carbocycles. The molecule has 2 fully saturated rings. The lowest BCUT2D eigenvalue weighted by Crippen LogP contribution is -2.47. The van der Waals surface area contributed by atoms with E-state index in [4.69, 9.17) is 9.47 Å². The van der Waals surface area contributed by atoms with E-state index < -0.39 is 10.0 Å². The first-order valence-electron chi connectivity index (χ1n) is 13.9. The zero-order valence-electron chi connectivity index (χ0n) is 23.8. The molecule has 216 valence electrons. The molecule has 2 amide bonds. The summed E-state index contributed by atoms with van der Waals surface area (Å²) in [5.41, 5.74) is 2.20. The second-order valence-corrected chi connectivity index (χ2v) is 12.5. The van der Waals surface area contributed by atoms with Gasteiger partial charge in [-0.15, -0.1) is 0 Å². The third-order valence-corrected chi connectivity index (χ3v) is 10.2. The average molecular weight is 563 g/mol. The van der Waals surface area contributed by atoms with E-state index in [1.807, 2.05) is 18.7 Å². The van der Waals surface area contributed by atoms with Gasteiger partial charge in [0.25, 0.3) is 10.0 Å². The molecule has 11 heteroatoms. The van der Waals surface area contributed by atoms with E-state index in [1.54, 1.807) is 44.3 Å². The molecule has 1 aromatic carbocycles. The second-order valence-electron chi connectivity index (χ2n) is 10.6. The molecule has 0 bridgehead atoms. The lowest BCUT2D eigenvalue weighted by Gasteiger charge is -2.30. The number of carbonyl (C=O) groups excluding carboxylic acids is 2. The van der Waals surface area contributed by atoms with Gasteiger partial charge < -0.3 is 19.3 Å². The lowest BCUT2D eigenvalue weighted by atomic mass is 10.0. The summed E-state index contributed by atoms with van der Waals surface area (Å²) in [5, 5.41) is 0. The number of benzene rings is 1. The summed E-state index contributed by atoms with van der Waals surface area (Å²) < 4.78 is 39.1. The summed E-state index contributed by atoms with van der Waals surface area (Å²) in [5.74, 6) is 0.575. The molecule has 1 aromatic rings. The average Bonchev–Trinajstić information content (AvgIpc) is 3.63. The van der Waals surface area contributed by atoms with E-state index in [-0.39, 0.29) is 48.6 Å². The van der Waals surface area contributed by atoms with Gasteiger partial charge >= 0.3 is 0 Å². The molecule has 2 saturated heterocycles. The van der Waals surface area contributed by atoms with Gasteiger partial charge in [-0.25, -0.2) is 8.42 Å². The number of hydrogen-bond acceptors (Lipinski definition) is 7. The topological polar surface area (TPSA) is 99.7 Å². The van der Waals surface area contributed by atoms with Crippen LogP contribution in [0.25, 0.3) is 5.57 Å². The number of hydrogen-bond donors (Lipinski definition) is 0. The van der Waals surface area contributed by atoms with Crippen molar-refractivity contribution in [3.05, 3.63) is 29.5 Å². The number of methoxy groups -OCH3 is 1. The quantitative estimate of drug-likeness (QED) is 0.404. The normalized spacial score (nSPS) is 21.5. The van der Waals surface area contributed by atoms with Crippen LogP contribution in [0.3, 0.4) is 0 Å². The Morgan fingerprint density at radius 1 is 1.18 bits per heavy atom. The molecule has 1 unspecified atom stereocenters. The van der Waals surface area contributed by atoms with E-state index in [0.29, 0.717) is 36.4 Å². The molecule has 10 nitrogen and oxygen atoms in total. The van der Waals surface area contributed by atoms with Crippen LogP contribution in [0, 0.1) is 6.92 Å². The second kappa shape index (κ2) is 12.3. The number of likely N-dealkylation sites (tertiary alicyclic amines) is 2. The van der Waals surface area contributed by atoms with Crippen LogP contribution in [-0.4, -0.2) is 111 Å².